The number of nitrogens with one attached hydrogen (secondary N) is 1. The third kappa shape index (κ3) is 5.30. The van der Waals surface area contributed by atoms with Crippen molar-refractivity contribution >= 4 is 15.9 Å². The van der Waals surface area contributed by atoms with E-state index in [1.165, 1.54) is 31.8 Å². The molecule has 1 aliphatic rings. The number of likely N-dealkylation sites (tertiary alicyclic amines) is 1. The summed E-state index contributed by atoms with van der Waals surface area (Å²) >= 11 is 0. The molecule has 0 spiro atoms. The largest absolute Gasteiger partial charge is 0.466 e. The molecule has 0 bridgehead atoms. The van der Waals surface area contributed by atoms with Gasteiger partial charge in [0.25, 0.3) is 5.91 Å². The van der Waals surface area contributed by atoms with Crippen molar-refractivity contribution in [2.75, 3.05) is 33.7 Å². The Bertz CT molecular complexity index is 972. The number of hydrogen-bond donors (Lipinski definition) is 1. The molecule has 7 nitrogen and oxygen atoms in total. The Hall–Kier alpha value is -2.16. The first-order chi connectivity index (χ1) is 14.2. The first kappa shape index (κ1) is 22.5. The van der Waals surface area contributed by atoms with Gasteiger partial charge < -0.3 is 9.73 Å². The highest BCUT2D eigenvalue weighted by Gasteiger charge is 2.22. The van der Waals surface area contributed by atoms with Crippen LogP contribution in [0.25, 0.3) is 0 Å². The lowest BCUT2D eigenvalue weighted by molar-refractivity contribution is 0.0935. The molecule has 164 valence electrons. The zero-order valence-corrected chi connectivity index (χ0v) is 19.0. The zero-order valence-electron chi connectivity index (χ0n) is 18.1. The Kier molecular flexibility index (Phi) is 7.00. The third-order valence-electron chi connectivity index (χ3n) is 5.69. The van der Waals surface area contributed by atoms with Crippen LogP contribution in [-0.2, 0) is 16.6 Å². The van der Waals surface area contributed by atoms with Crippen LogP contribution < -0.4 is 5.32 Å². The van der Waals surface area contributed by atoms with E-state index < -0.39 is 10.0 Å². The highest BCUT2D eigenvalue weighted by atomic mass is 32.2. The minimum atomic E-state index is -3.49. The van der Waals surface area contributed by atoms with Crippen LogP contribution in [0.4, 0.5) is 0 Å². The molecule has 0 saturated carbocycles. The van der Waals surface area contributed by atoms with Crippen molar-refractivity contribution in [3.63, 3.8) is 0 Å². The average Bonchev–Trinajstić information content (AvgIpc) is 3.03. The van der Waals surface area contributed by atoms with E-state index in [0.717, 1.165) is 48.3 Å². The summed E-state index contributed by atoms with van der Waals surface area (Å²) in [4.78, 5) is 15.0. The highest BCUT2D eigenvalue weighted by Crippen LogP contribution is 2.21. The lowest BCUT2D eigenvalue weighted by Crippen LogP contribution is -2.38. The molecule has 0 radical (unpaired) electrons. The van der Waals surface area contributed by atoms with Crippen molar-refractivity contribution in [3.05, 3.63) is 53.0 Å². The molecule has 2 aromatic rings. The lowest BCUT2D eigenvalue weighted by Gasteiger charge is -2.31. The van der Waals surface area contributed by atoms with Gasteiger partial charge in [-0.1, -0.05) is 0 Å². The first-order valence-corrected chi connectivity index (χ1v) is 11.7. The Morgan fingerprint density at radius 3 is 2.33 bits per heavy atom. The summed E-state index contributed by atoms with van der Waals surface area (Å²) in [5, 5.41) is 2.99. The maximum absolute atomic E-state index is 12.4. The quantitative estimate of drug-likeness (QED) is 0.726. The predicted molar refractivity (Wildman–Crippen MR) is 116 cm³/mol. The van der Waals surface area contributed by atoms with Gasteiger partial charge in [0.15, 0.2) is 0 Å². The minimum Gasteiger partial charge on any atom is -0.466 e. The van der Waals surface area contributed by atoms with E-state index in [2.05, 4.69) is 16.3 Å². The average molecular weight is 434 g/mol. The van der Waals surface area contributed by atoms with Crippen molar-refractivity contribution in [1.29, 1.82) is 0 Å². The summed E-state index contributed by atoms with van der Waals surface area (Å²) in [7, 11) is -0.518. The number of furan rings is 1. The van der Waals surface area contributed by atoms with Crippen LogP contribution in [0.2, 0.25) is 0 Å². The van der Waals surface area contributed by atoms with Crippen molar-refractivity contribution < 1.29 is 17.6 Å². The fourth-order valence-electron chi connectivity index (χ4n) is 3.76. The van der Waals surface area contributed by atoms with Gasteiger partial charge in [-0.25, -0.2) is 12.7 Å². The summed E-state index contributed by atoms with van der Waals surface area (Å²) in [6, 6.07) is 8.18. The van der Waals surface area contributed by atoms with Crippen molar-refractivity contribution in [3.8, 4) is 0 Å². The van der Waals surface area contributed by atoms with Crippen LogP contribution in [-0.4, -0.2) is 57.3 Å². The Balaban J connectivity index is 1.46. The number of nitrogens with zero attached hydrogens (tertiary/aromatic N) is 2. The molecule has 2 heterocycles. The molecule has 1 fully saturated rings. The Labute approximate surface area is 179 Å². The van der Waals surface area contributed by atoms with Crippen molar-refractivity contribution in [2.24, 2.45) is 5.92 Å². The van der Waals surface area contributed by atoms with E-state index in [-0.39, 0.29) is 10.8 Å². The van der Waals surface area contributed by atoms with Crippen LogP contribution in [0.1, 0.15) is 40.3 Å². The molecule has 1 amide bonds. The summed E-state index contributed by atoms with van der Waals surface area (Å²) in [6.45, 7) is 7.52. The van der Waals surface area contributed by atoms with Gasteiger partial charge in [-0.2, -0.15) is 0 Å². The molecule has 1 saturated heterocycles. The van der Waals surface area contributed by atoms with Crippen molar-refractivity contribution in [2.45, 2.75) is 38.1 Å². The SMILES string of the molecule is Cc1cc(CN2CCC(CNC(=O)c3ccc(S(=O)(=O)N(C)C)cc3)CC2)c(C)o1. The smallest absolute Gasteiger partial charge is 0.251 e. The second-order valence-corrected chi connectivity index (χ2v) is 10.3. The Morgan fingerprint density at radius 1 is 1.17 bits per heavy atom. The molecule has 0 unspecified atom stereocenters. The number of hydrogen-bond acceptors (Lipinski definition) is 5. The molecule has 8 heteroatoms. The molecule has 1 aromatic carbocycles. The van der Waals surface area contributed by atoms with E-state index >= 15 is 0 Å². The maximum Gasteiger partial charge on any atom is 0.251 e. The topological polar surface area (TPSA) is 82.9 Å². The summed E-state index contributed by atoms with van der Waals surface area (Å²) in [5.41, 5.74) is 1.72. The number of carbonyl (C=O) groups is 1. The van der Waals surface area contributed by atoms with Crippen LogP contribution in [0.15, 0.2) is 39.6 Å². The van der Waals surface area contributed by atoms with Gasteiger partial charge in [0, 0.05) is 38.3 Å². The van der Waals surface area contributed by atoms with Crippen LogP contribution in [0.3, 0.4) is 0 Å². The fourth-order valence-corrected chi connectivity index (χ4v) is 4.66. The molecule has 0 aliphatic carbocycles. The molecule has 1 aromatic heterocycles. The van der Waals surface area contributed by atoms with Gasteiger partial charge in [0.1, 0.15) is 11.5 Å². The molecular formula is C22H31N3O4S. The van der Waals surface area contributed by atoms with E-state index in [9.17, 15) is 13.2 Å². The van der Waals surface area contributed by atoms with Gasteiger partial charge in [0.2, 0.25) is 10.0 Å². The van der Waals surface area contributed by atoms with E-state index in [0.29, 0.717) is 18.0 Å². The number of piperidine rings is 1. The second kappa shape index (κ2) is 9.32. The molecule has 1 aliphatic heterocycles. The van der Waals surface area contributed by atoms with Gasteiger partial charge in [0.05, 0.1) is 4.90 Å². The molecule has 1 N–H and O–H groups in total. The van der Waals surface area contributed by atoms with E-state index in [1.807, 2.05) is 13.8 Å². The fraction of sp³-hybridized carbons (Fsp3) is 0.500. The van der Waals surface area contributed by atoms with Gasteiger partial charge in [-0.3, -0.25) is 9.69 Å². The van der Waals surface area contributed by atoms with Crippen LogP contribution >= 0.6 is 0 Å². The van der Waals surface area contributed by atoms with E-state index in [4.69, 9.17) is 4.42 Å². The number of aryl methyl sites for hydroxylation is 2. The van der Waals surface area contributed by atoms with Gasteiger partial charge in [-0.15, -0.1) is 0 Å². The maximum atomic E-state index is 12.4. The molecule has 3 rings (SSSR count). The van der Waals surface area contributed by atoms with Gasteiger partial charge >= 0.3 is 0 Å². The standard InChI is InChI=1S/C22H31N3O4S/c1-16-13-20(17(2)29-16)15-25-11-9-18(10-12-25)14-23-22(26)19-5-7-21(8-6-19)30(27,28)24(3)4/h5-8,13,18H,9-12,14-15H2,1-4H3,(H,23,26). The third-order valence-corrected chi connectivity index (χ3v) is 7.52. The Morgan fingerprint density at radius 2 is 1.80 bits per heavy atom. The molecule has 0 atom stereocenters. The first-order valence-electron chi connectivity index (χ1n) is 10.3. The zero-order chi connectivity index (χ0) is 21.9. The summed E-state index contributed by atoms with van der Waals surface area (Å²) in [5.74, 6) is 2.22. The number of benzene rings is 1. The second-order valence-electron chi connectivity index (χ2n) is 8.18. The van der Waals surface area contributed by atoms with Gasteiger partial charge in [-0.05, 0) is 76.0 Å². The van der Waals surface area contributed by atoms with Crippen molar-refractivity contribution in [1.82, 2.24) is 14.5 Å². The summed E-state index contributed by atoms with van der Waals surface area (Å²) in [6.07, 6.45) is 2.08. The minimum absolute atomic E-state index is 0.171. The van der Waals surface area contributed by atoms with Crippen LogP contribution in [0.5, 0.6) is 0 Å². The highest BCUT2D eigenvalue weighted by molar-refractivity contribution is 7.89. The molecule has 30 heavy (non-hydrogen) atoms. The predicted octanol–water partition coefficient (Wildman–Crippen LogP) is 2.79. The molecular weight excluding hydrogens is 402 g/mol. The monoisotopic (exact) mass is 433 g/mol. The summed E-state index contributed by atoms with van der Waals surface area (Å²) < 4.78 is 31.0. The lowest BCUT2D eigenvalue weighted by atomic mass is 9.96. The van der Waals surface area contributed by atoms with Crippen LogP contribution in [0, 0.1) is 19.8 Å². The normalized spacial score (nSPS) is 16.2. The number of rotatable bonds is 7. The van der Waals surface area contributed by atoms with E-state index in [1.54, 1.807) is 12.1 Å². The number of sulfonamides is 1. The number of carbonyl (C=O) groups excluding carboxylic acids is 1. The number of amides is 1.